The Morgan fingerprint density at radius 2 is 1.79 bits per heavy atom. The van der Waals surface area contributed by atoms with Gasteiger partial charge in [-0.05, 0) is 47.9 Å². The molecule has 96 valence electrons. The van der Waals surface area contributed by atoms with E-state index >= 15 is 0 Å². The van der Waals surface area contributed by atoms with E-state index in [1.165, 1.54) is 0 Å². The van der Waals surface area contributed by atoms with Crippen LogP contribution in [0.5, 0.6) is 11.5 Å². The Hall–Kier alpha value is -2.35. The minimum absolute atomic E-state index is 0.729. The first-order valence-corrected chi connectivity index (χ1v) is 6.30. The summed E-state index contributed by atoms with van der Waals surface area (Å²) >= 11 is 0. The number of ether oxygens (including phenoxy) is 1. The second-order valence-corrected chi connectivity index (χ2v) is 4.18. The van der Waals surface area contributed by atoms with Crippen LogP contribution < -0.4 is 4.74 Å². The lowest BCUT2D eigenvalue weighted by Crippen LogP contribution is -1.86. The number of carbonyl (C=O) groups excluding carboxylic acids is 1. The molecule has 2 aromatic carbocycles. The zero-order valence-corrected chi connectivity index (χ0v) is 10.9. The second-order valence-electron chi connectivity index (χ2n) is 4.18. The molecule has 0 saturated heterocycles. The zero-order valence-electron chi connectivity index (χ0n) is 10.9. The molecule has 0 fully saturated rings. The normalized spacial score (nSPS) is 11.1. The molecule has 0 N–H and O–H groups in total. The summed E-state index contributed by atoms with van der Waals surface area (Å²) in [5, 5.41) is 0. The maximum atomic E-state index is 10.8. The van der Waals surface area contributed by atoms with E-state index in [-0.39, 0.29) is 0 Å². The van der Waals surface area contributed by atoms with E-state index in [4.69, 9.17) is 4.74 Å². The fraction of sp³-hybridized carbons (Fsp3) is 0.118. The molecule has 2 heteroatoms. The number of carbonyl (C=O) groups is 1. The molecule has 0 aliphatic rings. The average Bonchev–Trinajstić information content (AvgIpc) is 2.46. The first-order chi connectivity index (χ1) is 9.31. The fourth-order valence-corrected chi connectivity index (χ4v) is 1.73. The van der Waals surface area contributed by atoms with Crippen molar-refractivity contribution in [2.24, 2.45) is 0 Å². The van der Waals surface area contributed by atoms with Gasteiger partial charge in [-0.1, -0.05) is 37.3 Å². The van der Waals surface area contributed by atoms with Crippen LogP contribution in [0.3, 0.4) is 0 Å². The topological polar surface area (TPSA) is 26.3 Å². The Kier molecular flexibility index (Phi) is 4.51. The van der Waals surface area contributed by atoms with Gasteiger partial charge in [0.25, 0.3) is 0 Å². The van der Waals surface area contributed by atoms with Gasteiger partial charge in [-0.2, -0.15) is 0 Å². The summed E-state index contributed by atoms with van der Waals surface area (Å²) < 4.78 is 5.75. The Balaban J connectivity index is 2.20. The number of rotatable bonds is 5. The minimum atomic E-state index is 0.729. The van der Waals surface area contributed by atoms with Gasteiger partial charge in [0.05, 0.1) is 0 Å². The number of para-hydroxylation sites is 1. The van der Waals surface area contributed by atoms with Crippen molar-refractivity contribution in [3.05, 3.63) is 65.7 Å². The molecular weight excluding hydrogens is 236 g/mol. The lowest BCUT2D eigenvalue weighted by Gasteiger charge is -2.06. The van der Waals surface area contributed by atoms with E-state index in [1.807, 2.05) is 67.6 Å². The van der Waals surface area contributed by atoms with Gasteiger partial charge in [-0.15, -0.1) is 0 Å². The van der Waals surface area contributed by atoms with E-state index in [0.717, 1.165) is 35.3 Å². The van der Waals surface area contributed by atoms with Gasteiger partial charge in [0.2, 0.25) is 0 Å². The summed E-state index contributed by atoms with van der Waals surface area (Å²) in [7, 11) is 0. The molecule has 2 aromatic rings. The summed E-state index contributed by atoms with van der Waals surface area (Å²) in [6, 6.07) is 17.3. The van der Waals surface area contributed by atoms with Crippen LogP contribution in [0, 0.1) is 0 Å². The van der Waals surface area contributed by atoms with Crippen molar-refractivity contribution in [1.82, 2.24) is 0 Å². The van der Waals surface area contributed by atoms with Crippen LogP contribution in [0.25, 0.3) is 6.08 Å². The molecule has 0 radical (unpaired) electrons. The van der Waals surface area contributed by atoms with Gasteiger partial charge in [0, 0.05) is 0 Å². The van der Waals surface area contributed by atoms with Crippen LogP contribution in [0.2, 0.25) is 0 Å². The molecular formula is C17H16O2. The molecule has 0 bridgehead atoms. The molecule has 19 heavy (non-hydrogen) atoms. The van der Waals surface area contributed by atoms with Gasteiger partial charge in [0.1, 0.15) is 17.8 Å². The SMILES string of the molecule is CCC(C=O)=Cc1cccc(Oc2ccccc2)c1. The maximum Gasteiger partial charge on any atom is 0.146 e. The van der Waals surface area contributed by atoms with E-state index in [9.17, 15) is 4.79 Å². The molecule has 0 aliphatic carbocycles. The van der Waals surface area contributed by atoms with Crippen molar-refractivity contribution in [1.29, 1.82) is 0 Å². The molecule has 0 amide bonds. The molecule has 0 saturated carbocycles. The second kappa shape index (κ2) is 6.55. The zero-order chi connectivity index (χ0) is 13.5. The molecule has 2 rings (SSSR count). The van der Waals surface area contributed by atoms with Crippen molar-refractivity contribution >= 4 is 12.4 Å². The minimum Gasteiger partial charge on any atom is -0.457 e. The Labute approximate surface area is 113 Å². The van der Waals surface area contributed by atoms with Gasteiger partial charge >= 0.3 is 0 Å². The summed E-state index contributed by atoms with van der Waals surface area (Å²) in [6.45, 7) is 1.96. The van der Waals surface area contributed by atoms with Gasteiger partial charge in [-0.25, -0.2) is 0 Å². The Morgan fingerprint density at radius 1 is 1.05 bits per heavy atom. The van der Waals surface area contributed by atoms with E-state index in [1.54, 1.807) is 0 Å². The molecule has 0 aliphatic heterocycles. The summed E-state index contributed by atoms with van der Waals surface area (Å²) in [4.78, 5) is 10.8. The first-order valence-electron chi connectivity index (χ1n) is 6.30. The lowest BCUT2D eigenvalue weighted by molar-refractivity contribution is -0.104. The highest BCUT2D eigenvalue weighted by Gasteiger charge is 1.98. The highest BCUT2D eigenvalue weighted by molar-refractivity contribution is 5.81. The van der Waals surface area contributed by atoms with Crippen molar-refractivity contribution in [2.75, 3.05) is 0 Å². The van der Waals surface area contributed by atoms with E-state index in [2.05, 4.69) is 0 Å². The number of hydrogen-bond donors (Lipinski definition) is 0. The molecule has 2 nitrogen and oxygen atoms in total. The average molecular weight is 252 g/mol. The highest BCUT2D eigenvalue weighted by Crippen LogP contribution is 2.22. The first kappa shape index (κ1) is 13.1. The molecule has 0 unspecified atom stereocenters. The summed E-state index contributed by atoms with van der Waals surface area (Å²) in [5.74, 6) is 1.57. The quantitative estimate of drug-likeness (QED) is 0.579. The molecule has 0 aromatic heterocycles. The van der Waals surface area contributed by atoms with Crippen molar-refractivity contribution < 1.29 is 9.53 Å². The molecule has 0 spiro atoms. The van der Waals surface area contributed by atoms with Crippen LogP contribution in [0.1, 0.15) is 18.9 Å². The number of hydrogen-bond acceptors (Lipinski definition) is 2. The van der Waals surface area contributed by atoms with Gasteiger partial charge < -0.3 is 4.74 Å². The highest BCUT2D eigenvalue weighted by atomic mass is 16.5. The van der Waals surface area contributed by atoms with E-state index in [0.29, 0.717) is 0 Å². The summed E-state index contributed by atoms with van der Waals surface area (Å²) in [5.41, 5.74) is 1.74. The van der Waals surface area contributed by atoms with Crippen molar-refractivity contribution in [3.63, 3.8) is 0 Å². The van der Waals surface area contributed by atoms with Crippen LogP contribution in [-0.2, 0) is 4.79 Å². The Bertz CT molecular complexity index is 571. The predicted molar refractivity (Wildman–Crippen MR) is 77.3 cm³/mol. The van der Waals surface area contributed by atoms with Crippen LogP contribution in [0.4, 0.5) is 0 Å². The smallest absolute Gasteiger partial charge is 0.146 e. The summed E-state index contributed by atoms with van der Waals surface area (Å²) in [6.07, 6.45) is 3.50. The standard InChI is InChI=1S/C17H16O2/c1-2-14(13-18)11-15-7-6-10-17(12-15)19-16-8-4-3-5-9-16/h3-13H,2H2,1H3. The fourth-order valence-electron chi connectivity index (χ4n) is 1.73. The third-order valence-electron chi connectivity index (χ3n) is 2.75. The molecule has 0 heterocycles. The predicted octanol–water partition coefficient (Wildman–Crippen LogP) is 4.47. The van der Waals surface area contributed by atoms with Crippen molar-refractivity contribution in [3.8, 4) is 11.5 Å². The van der Waals surface area contributed by atoms with Gasteiger partial charge in [-0.3, -0.25) is 4.79 Å². The lowest BCUT2D eigenvalue weighted by atomic mass is 10.1. The number of benzene rings is 2. The van der Waals surface area contributed by atoms with Crippen LogP contribution in [-0.4, -0.2) is 6.29 Å². The molecule has 0 atom stereocenters. The van der Waals surface area contributed by atoms with Gasteiger partial charge in [0.15, 0.2) is 0 Å². The van der Waals surface area contributed by atoms with E-state index < -0.39 is 0 Å². The maximum absolute atomic E-state index is 10.8. The monoisotopic (exact) mass is 252 g/mol. The Morgan fingerprint density at radius 3 is 2.47 bits per heavy atom. The van der Waals surface area contributed by atoms with Crippen LogP contribution >= 0.6 is 0 Å². The number of aldehydes is 1. The van der Waals surface area contributed by atoms with Crippen LogP contribution in [0.15, 0.2) is 60.2 Å². The van der Waals surface area contributed by atoms with Crippen molar-refractivity contribution in [2.45, 2.75) is 13.3 Å². The third kappa shape index (κ3) is 3.81. The number of allylic oxidation sites excluding steroid dienone is 1. The third-order valence-corrected chi connectivity index (χ3v) is 2.75. The largest absolute Gasteiger partial charge is 0.457 e.